The molecular formula is C18H23N3O3S2. The summed E-state index contributed by atoms with van der Waals surface area (Å²) in [6.07, 6.45) is 2.78. The minimum Gasteiger partial charge on any atom is -0.274 e. The van der Waals surface area contributed by atoms with Gasteiger partial charge in [0, 0.05) is 31.2 Å². The van der Waals surface area contributed by atoms with E-state index in [1.807, 2.05) is 32.0 Å². The lowest BCUT2D eigenvalue weighted by molar-refractivity contribution is 0.0781. The molecule has 26 heavy (non-hydrogen) atoms. The molecule has 0 aromatic carbocycles. The van der Waals surface area contributed by atoms with E-state index in [1.165, 1.54) is 15.6 Å². The van der Waals surface area contributed by atoms with Crippen molar-refractivity contribution < 1.29 is 13.2 Å². The van der Waals surface area contributed by atoms with Gasteiger partial charge in [-0.05, 0) is 50.3 Å². The Balaban J connectivity index is 1.74. The van der Waals surface area contributed by atoms with Gasteiger partial charge >= 0.3 is 0 Å². The van der Waals surface area contributed by atoms with Crippen LogP contribution in [0.5, 0.6) is 0 Å². The van der Waals surface area contributed by atoms with E-state index in [9.17, 15) is 13.2 Å². The number of hydrogen-bond donors (Lipinski definition) is 0. The number of hydrogen-bond acceptors (Lipinski definition) is 5. The minimum atomic E-state index is -3.44. The smallest absolute Gasteiger partial charge is 0.252 e. The van der Waals surface area contributed by atoms with Crippen molar-refractivity contribution in [3.05, 3.63) is 47.4 Å². The van der Waals surface area contributed by atoms with Crippen LogP contribution in [0, 0.1) is 5.92 Å². The van der Waals surface area contributed by atoms with E-state index in [-0.39, 0.29) is 17.9 Å². The first-order valence-electron chi connectivity index (χ1n) is 8.69. The molecule has 3 heterocycles. The van der Waals surface area contributed by atoms with Crippen molar-refractivity contribution >= 4 is 27.3 Å². The van der Waals surface area contributed by atoms with Crippen molar-refractivity contribution in [1.82, 2.24) is 8.87 Å². The summed E-state index contributed by atoms with van der Waals surface area (Å²) in [5.74, 6) is -0.212. The number of carbonyl (C=O) groups is 1. The summed E-state index contributed by atoms with van der Waals surface area (Å²) in [5.41, 5.74) is 0.640. The third kappa shape index (κ3) is 3.97. The van der Waals surface area contributed by atoms with Crippen LogP contribution in [0.15, 0.2) is 51.1 Å². The predicted octanol–water partition coefficient (Wildman–Crippen LogP) is 2.60. The van der Waals surface area contributed by atoms with Crippen LogP contribution in [0.1, 0.15) is 31.5 Å². The number of nitrogens with zero attached hydrogens (tertiary/aromatic N) is 3. The molecule has 0 amide bonds. The Morgan fingerprint density at radius 2 is 1.92 bits per heavy atom. The molecule has 0 N–H and O–H groups in total. The lowest BCUT2D eigenvalue weighted by Crippen LogP contribution is -2.42. The molecule has 0 saturated carbocycles. The first kappa shape index (κ1) is 19.0. The molecule has 2 aromatic heterocycles. The van der Waals surface area contributed by atoms with Crippen LogP contribution in [0.2, 0.25) is 0 Å². The van der Waals surface area contributed by atoms with Crippen molar-refractivity contribution in [2.75, 3.05) is 13.1 Å². The number of sulfonamides is 1. The molecule has 1 aliphatic rings. The molecule has 0 radical (unpaired) electrons. The Kier molecular flexibility index (Phi) is 5.74. The predicted molar refractivity (Wildman–Crippen MR) is 102 cm³/mol. The summed E-state index contributed by atoms with van der Waals surface area (Å²) < 4.78 is 28.6. The van der Waals surface area contributed by atoms with Crippen molar-refractivity contribution in [1.29, 1.82) is 0 Å². The highest BCUT2D eigenvalue weighted by atomic mass is 32.2. The summed E-state index contributed by atoms with van der Waals surface area (Å²) in [5, 5.41) is 1.76. The molecule has 6 nitrogen and oxygen atoms in total. The second-order valence-electron chi connectivity index (χ2n) is 6.60. The molecule has 1 fully saturated rings. The normalized spacial score (nSPS) is 17.7. The SMILES string of the molecule is CC(C)N=c1ccccn1C(=O)C1CCN(S(=O)(=O)c2cccs2)CC1. The maximum absolute atomic E-state index is 12.9. The van der Waals surface area contributed by atoms with Gasteiger partial charge in [0.1, 0.15) is 9.70 Å². The molecule has 0 atom stereocenters. The second kappa shape index (κ2) is 7.85. The summed E-state index contributed by atoms with van der Waals surface area (Å²) >= 11 is 1.22. The number of aromatic nitrogens is 1. The van der Waals surface area contributed by atoms with E-state index in [4.69, 9.17) is 0 Å². The molecule has 8 heteroatoms. The van der Waals surface area contributed by atoms with Crippen LogP contribution in [0.4, 0.5) is 0 Å². The van der Waals surface area contributed by atoms with Gasteiger partial charge in [-0.25, -0.2) is 8.42 Å². The first-order chi connectivity index (χ1) is 12.4. The van der Waals surface area contributed by atoms with E-state index in [1.54, 1.807) is 28.3 Å². The first-order valence-corrected chi connectivity index (χ1v) is 11.0. The fourth-order valence-electron chi connectivity index (χ4n) is 3.07. The number of carbonyl (C=O) groups excluding carboxylic acids is 1. The van der Waals surface area contributed by atoms with Crippen molar-refractivity contribution in [3.8, 4) is 0 Å². The van der Waals surface area contributed by atoms with Crippen molar-refractivity contribution in [2.45, 2.75) is 36.9 Å². The molecule has 1 saturated heterocycles. The maximum atomic E-state index is 12.9. The van der Waals surface area contributed by atoms with Gasteiger partial charge in [0.25, 0.3) is 10.0 Å². The van der Waals surface area contributed by atoms with Crippen LogP contribution in [0.25, 0.3) is 0 Å². The van der Waals surface area contributed by atoms with E-state index in [0.29, 0.717) is 35.6 Å². The Labute approximate surface area is 157 Å². The third-order valence-corrected chi connectivity index (χ3v) is 7.63. The Morgan fingerprint density at radius 1 is 1.19 bits per heavy atom. The average Bonchev–Trinajstić information content (AvgIpc) is 3.17. The summed E-state index contributed by atoms with van der Waals surface area (Å²) in [6, 6.07) is 8.95. The molecule has 2 aromatic rings. The summed E-state index contributed by atoms with van der Waals surface area (Å²) in [7, 11) is -3.44. The van der Waals surface area contributed by atoms with Crippen molar-refractivity contribution in [3.63, 3.8) is 0 Å². The van der Waals surface area contributed by atoms with E-state index in [2.05, 4.69) is 4.99 Å². The monoisotopic (exact) mass is 393 g/mol. The van der Waals surface area contributed by atoms with Gasteiger partial charge in [-0.3, -0.25) is 14.4 Å². The highest BCUT2D eigenvalue weighted by molar-refractivity contribution is 7.91. The molecule has 1 aliphatic heterocycles. The Morgan fingerprint density at radius 3 is 2.54 bits per heavy atom. The number of thiophene rings is 1. The van der Waals surface area contributed by atoms with Gasteiger partial charge in [-0.2, -0.15) is 4.31 Å². The minimum absolute atomic E-state index is 0.0156. The fraction of sp³-hybridized carbons (Fsp3) is 0.444. The molecule has 0 bridgehead atoms. The van der Waals surface area contributed by atoms with Crippen LogP contribution >= 0.6 is 11.3 Å². The molecule has 3 rings (SSSR count). The highest BCUT2D eigenvalue weighted by Crippen LogP contribution is 2.26. The average molecular weight is 394 g/mol. The Hall–Kier alpha value is -1.77. The standard InChI is InChI=1S/C18H23N3O3S2/c1-14(2)19-16-6-3-4-10-21(16)18(22)15-8-11-20(12-9-15)26(23,24)17-7-5-13-25-17/h3-7,10,13-15H,8-9,11-12H2,1-2H3. The number of pyridine rings is 1. The topological polar surface area (TPSA) is 71.7 Å². The molecule has 0 spiro atoms. The van der Waals surface area contributed by atoms with Crippen LogP contribution < -0.4 is 5.49 Å². The zero-order chi connectivity index (χ0) is 18.7. The number of piperidine rings is 1. The van der Waals surface area contributed by atoms with Gasteiger partial charge < -0.3 is 0 Å². The summed E-state index contributed by atoms with van der Waals surface area (Å²) in [4.78, 5) is 17.4. The van der Waals surface area contributed by atoms with E-state index >= 15 is 0 Å². The van der Waals surface area contributed by atoms with Crippen LogP contribution in [0.3, 0.4) is 0 Å². The summed E-state index contributed by atoms with van der Waals surface area (Å²) in [6.45, 7) is 4.66. The maximum Gasteiger partial charge on any atom is 0.252 e. The lowest BCUT2D eigenvalue weighted by Gasteiger charge is -2.30. The van der Waals surface area contributed by atoms with Crippen LogP contribution in [-0.4, -0.2) is 42.3 Å². The van der Waals surface area contributed by atoms with Crippen LogP contribution in [-0.2, 0) is 10.0 Å². The zero-order valence-corrected chi connectivity index (χ0v) is 16.5. The fourth-order valence-corrected chi connectivity index (χ4v) is 5.68. The molecule has 140 valence electrons. The molecule has 0 aliphatic carbocycles. The largest absolute Gasteiger partial charge is 0.274 e. The number of rotatable bonds is 4. The highest BCUT2D eigenvalue weighted by Gasteiger charge is 2.33. The van der Waals surface area contributed by atoms with Gasteiger partial charge in [0.05, 0.1) is 0 Å². The molecule has 0 unspecified atom stereocenters. The van der Waals surface area contributed by atoms with Gasteiger partial charge in [0.2, 0.25) is 5.91 Å². The van der Waals surface area contributed by atoms with E-state index in [0.717, 1.165) is 0 Å². The van der Waals surface area contributed by atoms with Gasteiger partial charge in [-0.1, -0.05) is 12.1 Å². The van der Waals surface area contributed by atoms with Crippen molar-refractivity contribution in [2.24, 2.45) is 10.9 Å². The quantitative estimate of drug-likeness (QED) is 0.802. The zero-order valence-electron chi connectivity index (χ0n) is 14.9. The second-order valence-corrected chi connectivity index (χ2v) is 9.71. The third-order valence-electron chi connectivity index (χ3n) is 4.36. The van der Waals surface area contributed by atoms with Gasteiger partial charge in [0.15, 0.2) is 0 Å². The van der Waals surface area contributed by atoms with E-state index < -0.39 is 10.0 Å². The Bertz CT molecular complexity index is 923. The lowest BCUT2D eigenvalue weighted by atomic mass is 9.97. The molecular weight excluding hydrogens is 370 g/mol. The van der Waals surface area contributed by atoms with Gasteiger partial charge in [-0.15, -0.1) is 11.3 Å².